The second kappa shape index (κ2) is 7.38. The molecule has 0 saturated carbocycles. The maximum Gasteiger partial charge on any atom is 0.133 e. The number of hydrogen-bond donors (Lipinski definition) is 2. The molecule has 0 spiro atoms. The lowest BCUT2D eigenvalue weighted by atomic mass is 10.2. The molecule has 2 unspecified atom stereocenters. The van der Waals surface area contributed by atoms with Gasteiger partial charge in [-0.25, -0.2) is 0 Å². The fourth-order valence-electron chi connectivity index (χ4n) is 1.69. The Labute approximate surface area is 118 Å². The van der Waals surface area contributed by atoms with E-state index in [9.17, 15) is 5.11 Å². The van der Waals surface area contributed by atoms with E-state index < -0.39 is 6.10 Å². The van der Waals surface area contributed by atoms with E-state index in [1.165, 1.54) is 4.90 Å². The number of aliphatic hydroxyl groups excluding tert-OH is 1. The molecule has 19 heavy (non-hydrogen) atoms. The predicted molar refractivity (Wildman–Crippen MR) is 78.3 cm³/mol. The van der Waals surface area contributed by atoms with Crippen molar-refractivity contribution < 1.29 is 9.52 Å². The van der Waals surface area contributed by atoms with Gasteiger partial charge in [0.05, 0.1) is 6.26 Å². The van der Waals surface area contributed by atoms with Crippen molar-refractivity contribution in [2.45, 2.75) is 24.0 Å². The van der Waals surface area contributed by atoms with Gasteiger partial charge in [-0.05, 0) is 31.2 Å². The van der Waals surface area contributed by atoms with Gasteiger partial charge >= 0.3 is 0 Å². The van der Waals surface area contributed by atoms with Gasteiger partial charge in [0.1, 0.15) is 11.9 Å². The van der Waals surface area contributed by atoms with Crippen molar-refractivity contribution in [3.63, 3.8) is 0 Å². The van der Waals surface area contributed by atoms with Crippen LogP contribution in [-0.2, 0) is 0 Å². The zero-order chi connectivity index (χ0) is 13.5. The van der Waals surface area contributed by atoms with Gasteiger partial charge in [0.15, 0.2) is 0 Å². The summed E-state index contributed by atoms with van der Waals surface area (Å²) in [5, 5.41) is 13.2. The average molecular weight is 277 g/mol. The normalized spacial score (nSPS) is 14.2. The van der Waals surface area contributed by atoms with Crippen LogP contribution in [0.5, 0.6) is 0 Å². The molecule has 2 rings (SSSR count). The third-order valence-corrected chi connectivity index (χ3v) is 4.05. The molecule has 0 fully saturated rings. The number of nitrogens with one attached hydrogen (secondary N) is 1. The van der Waals surface area contributed by atoms with Crippen LogP contribution in [0.1, 0.15) is 18.8 Å². The SMILES string of the molecule is CC(CSc1ccccc1)NCC(O)c1ccco1. The van der Waals surface area contributed by atoms with Gasteiger partial charge in [-0.2, -0.15) is 0 Å². The molecule has 0 aliphatic heterocycles. The van der Waals surface area contributed by atoms with E-state index in [-0.39, 0.29) is 0 Å². The van der Waals surface area contributed by atoms with Gasteiger partial charge in [-0.1, -0.05) is 18.2 Å². The minimum absolute atomic E-state index is 0.329. The Kier molecular flexibility index (Phi) is 5.51. The van der Waals surface area contributed by atoms with Gasteiger partial charge in [0.25, 0.3) is 0 Å². The summed E-state index contributed by atoms with van der Waals surface area (Å²) in [6, 6.07) is 14.2. The van der Waals surface area contributed by atoms with Crippen molar-refractivity contribution in [3.8, 4) is 0 Å². The molecule has 1 heterocycles. The molecule has 0 bridgehead atoms. The Balaban J connectivity index is 1.69. The van der Waals surface area contributed by atoms with Crippen LogP contribution in [0.3, 0.4) is 0 Å². The molecule has 1 aromatic carbocycles. The third-order valence-electron chi connectivity index (χ3n) is 2.77. The number of rotatable bonds is 7. The topological polar surface area (TPSA) is 45.4 Å². The quantitative estimate of drug-likeness (QED) is 0.763. The molecule has 0 radical (unpaired) electrons. The molecule has 2 atom stereocenters. The first-order valence-corrected chi connectivity index (χ1v) is 7.37. The van der Waals surface area contributed by atoms with Gasteiger partial charge in [0.2, 0.25) is 0 Å². The van der Waals surface area contributed by atoms with E-state index in [0.29, 0.717) is 18.3 Å². The number of furan rings is 1. The second-order valence-electron chi connectivity index (χ2n) is 4.46. The number of hydrogen-bond acceptors (Lipinski definition) is 4. The molecule has 4 heteroatoms. The zero-order valence-corrected chi connectivity index (χ0v) is 11.8. The summed E-state index contributed by atoms with van der Waals surface area (Å²) in [5.74, 6) is 1.57. The predicted octanol–water partition coefficient (Wildman–Crippen LogP) is 3.08. The summed E-state index contributed by atoms with van der Waals surface area (Å²) in [5.41, 5.74) is 0. The van der Waals surface area contributed by atoms with Crippen LogP contribution in [0.4, 0.5) is 0 Å². The Morgan fingerprint density at radius 1 is 1.21 bits per heavy atom. The second-order valence-corrected chi connectivity index (χ2v) is 5.56. The van der Waals surface area contributed by atoms with Gasteiger partial charge in [-0.3, -0.25) is 0 Å². The van der Waals surface area contributed by atoms with Gasteiger partial charge in [-0.15, -0.1) is 11.8 Å². The lowest BCUT2D eigenvalue weighted by molar-refractivity contribution is 0.145. The third kappa shape index (κ3) is 4.74. The van der Waals surface area contributed by atoms with E-state index in [0.717, 1.165) is 5.75 Å². The van der Waals surface area contributed by atoms with E-state index in [1.54, 1.807) is 18.4 Å². The molecule has 1 aromatic heterocycles. The highest BCUT2D eigenvalue weighted by Gasteiger charge is 2.11. The first kappa shape index (κ1) is 14.2. The molecular weight excluding hydrogens is 258 g/mol. The smallest absolute Gasteiger partial charge is 0.133 e. The van der Waals surface area contributed by atoms with Crippen LogP contribution in [-0.4, -0.2) is 23.4 Å². The van der Waals surface area contributed by atoms with Crippen molar-refractivity contribution >= 4 is 11.8 Å². The molecule has 0 aliphatic rings. The van der Waals surface area contributed by atoms with Crippen molar-refractivity contribution in [2.24, 2.45) is 0 Å². The van der Waals surface area contributed by atoms with E-state index >= 15 is 0 Å². The van der Waals surface area contributed by atoms with Crippen LogP contribution in [0, 0.1) is 0 Å². The molecule has 0 aliphatic carbocycles. The summed E-state index contributed by atoms with van der Waals surface area (Å²) in [7, 11) is 0. The molecule has 2 aromatic rings. The summed E-state index contributed by atoms with van der Waals surface area (Å²) in [6.07, 6.45) is 0.993. The summed E-state index contributed by atoms with van der Waals surface area (Å²) < 4.78 is 5.16. The maximum absolute atomic E-state index is 9.88. The van der Waals surface area contributed by atoms with Crippen LogP contribution < -0.4 is 5.32 Å². The fraction of sp³-hybridized carbons (Fsp3) is 0.333. The zero-order valence-electron chi connectivity index (χ0n) is 11.0. The Bertz CT molecular complexity index is 458. The maximum atomic E-state index is 9.88. The van der Waals surface area contributed by atoms with E-state index in [2.05, 4.69) is 24.4 Å². The van der Waals surface area contributed by atoms with Crippen molar-refractivity contribution in [1.29, 1.82) is 0 Å². The lowest BCUT2D eigenvalue weighted by Crippen LogP contribution is -2.32. The van der Waals surface area contributed by atoms with Crippen LogP contribution in [0.15, 0.2) is 58.0 Å². The molecule has 2 N–H and O–H groups in total. The average Bonchev–Trinajstić information content (AvgIpc) is 2.98. The molecular formula is C15H19NO2S. The highest BCUT2D eigenvalue weighted by atomic mass is 32.2. The monoisotopic (exact) mass is 277 g/mol. The fourth-order valence-corrected chi connectivity index (χ4v) is 2.60. The minimum atomic E-state index is -0.584. The van der Waals surface area contributed by atoms with Crippen LogP contribution >= 0.6 is 11.8 Å². The van der Waals surface area contributed by atoms with Crippen molar-refractivity contribution in [1.82, 2.24) is 5.32 Å². The Morgan fingerprint density at radius 2 is 2.00 bits per heavy atom. The minimum Gasteiger partial charge on any atom is -0.467 e. The molecule has 0 saturated heterocycles. The summed E-state index contributed by atoms with van der Waals surface area (Å²) in [4.78, 5) is 1.27. The highest BCUT2D eigenvalue weighted by Crippen LogP contribution is 2.18. The van der Waals surface area contributed by atoms with Crippen LogP contribution in [0.2, 0.25) is 0 Å². The molecule has 102 valence electrons. The van der Waals surface area contributed by atoms with E-state index in [1.807, 2.05) is 30.0 Å². The van der Waals surface area contributed by atoms with Crippen LogP contribution in [0.25, 0.3) is 0 Å². The first-order valence-electron chi connectivity index (χ1n) is 6.38. The standard InChI is InChI=1S/C15H19NO2S/c1-12(11-19-13-6-3-2-4-7-13)16-10-14(17)15-8-5-9-18-15/h2-9,12,14,16-17H,10-11H2,1H3. The Hall–Kier alpha value is -1.23. The van der Waals surface area contributed by atoms with Gasteiger partial charge in [0, 0.05) is 23.2 Å². The van der Waals surface area contributed by atoms with Gasteiger partial charge < -0.3 is 14.8 Å². The van der Waals surface area contributed by atoms with E-state index in [4.69, 9.17) is 4.42 Å². The highest BCUT2D eigenvalue weighted by molar-refractivity contribution is 7.99. The molecule has 0 amide bonds. The number of aliphatic hydroxyl groups is 1. The molecule has 3 nitrogen and oxygen atoms in total. The first-order chi connectivity index (χ1) is 9.25. The van der Waals surface area contributed by atoms with Crippen molar-refractivity contribution in [2.75, 3.05) is 12.3 Å². The Morgan fingerprint density at radius 3 is 2.68 bits per heavy atom. The number of thioether (sulfide) groups is 1. The summed E-state index contributed by atoms with van der Waals surface area (Å²) in [6.45, 7) is 2.62. The summed E-state index contributed by atoms with van der Waals surface area (Å²) >= 11 is 1.81. The number of benzene rings is 1. The lowest BCUT2D eigenvalue weighted by Gasteiger charge is -2.15. The largest absolute Gasteiger partial charge is 0.467 e. The van der Waals surface area contributed by atoms with Crippen molar-refractivity contribution in [3.05, 3.63) is 54.5 Å².